The number of aliphatic hydroxyl groups is 1. The lowest BCUT2D eigenvalue weighted by molar-refractivity contribution is -0.0316. The molecule has 2 unspecified atom stereocenters. The first-order valence-corrected chi connectivity index (χ1v) is 9.13. The van der Waals surface area contributed by atoms with Crippen molar-refractivity contribution in [1.82, 2.24) is 4.90 Å². The second-order valence-corrected chi connectivity index (χ2v) is 7.06. The summed E-state index contributed by atoms with van der Waals surface area (Å²) in [6.45, 7) is 4.98. The molecule has 0 aliphatic carbocycles. The van der Waals surface area contributed by atoms with E-state index < -0.39 is 5.60 Å². The molecule has 0 bridgehead atoms. The highest BCUT2D eigenvalue weighted by atomic mass is 16.3. The average molecular weight is 340 g/mol. The van der Waals surface area contributed by atoms with Crippen LogP contribution in [0.1, 0.15) is 25.3 Å². The molecular formula is C21H28N2O2. The summed E-state index contributed by atoms with van der Waals surface area (Å²) in [7, 11) is 0. The third kappa shape index (κ3) is 4.53. The molecule has 4 heteroatoms. The summed E-state index contributed by atoms with van der Waals surface area (Å²) in [5.74, 6) is 0.251. The van der Waals surface area contributed by atoms with Crippen LogP contribution in [-0.2, 0) is 6.42 Å². The molecule has 3 rings (SSSR count). The third-order valence-corrected chi connectivity index (χ3v) is 5.05. The Morgan fingerprint density at radius 2 is 1.84 bits per heavy atom. The third-order valence-electron chi connectivity index (χ3n) is 5.05. The van der Waals surface area contributed by atoms with Crippen molar-refractivity contribution in [2.24, 2.45) is 0 Å². The number of anilines is 1. The summed E-state index contributed by atoms with van der Waals surface area (Å²) in [5.41, 5.74) is 1.29. The SMILES string of the molecule is CCCN1CCC(O)(Cc2ccccc2)C(Nc2ccc(O)cc2)C1. The Balaban J connectivity index is 1.79. The molecule has 0 radical (unpaired) electrons. The minimum absolute atomic E-state index is 0.0578. The molecular weight excluding hydrogens is 312 g/mol. The van der Waals surface area contributed by atoms with Gasteiger partial charge in [-0.3, -0.25) is 0 Å². The van der Waals surface area contributed by atoms with Crippen molar-refractivity contribution in [2.75, 3.05) is 25.0 Å². The van der Waals surface area contributed by atoms with Gasteiger partial charge in [0, 0.05) is 25.2 Å². The minimum Gasteiger partial charge on any atom is -0.508 e. The molecule has 0 saturated carbocycles. The Hall–Kier alpha value is -2.04. The first-order valence-electron chi connectivity index (χ1n) is 9.13. The summed E-state index contributed by atoms with van der Waals surface area (Å²) in [5, 5.41) is 24.4. The summed E-state index contributed by atoms with van der Waals surface area (Å²) in [6, 6.07) is 17.2. The smallest absolute Gasteiger partial charge is 0.115 e. The first kappa shape index (κ1) is 17.8. The molecule has 0 amide bonds. The van der Waals surface area contributed by atoms with Crippen LogP contribution in [0.15, 0.2) is 54.6 Å². The fourth-order valence-electron chi connectivity index (χ4n) is 3.66. The normalized spacial score (nSPS) is 24.2. The number of rotatable bonds is 6. The maximum atomic E-state index is 11.4. The van der Waals surface area contributed by atoms with Crippen molar-refractivity contribution in [3.05, 3.63) is 60.2 Å². The van der Waals surface area contributed by atoms with Crippen LogP contribution in [0.2, 0.25) is 0 Å². The topological polar surface area (TPSA) is 55.7 Å². The average Bonchev–Trinajstić information content (AvgIpc) is 2.61. The Bertz CT molecular complexity index is 659. The number of hydrogen-bond acceptors (Lipinski definition) is 4. The van der Waals surface area contributed by atoms with E-state index in [1.54, 1.807) is 12.1 Å². The van der Waals surface area contributed by atoms with Gasteiger partial charge in [-0.25, -0.2) is 0 Å². The fourth-order valence-corrected chi connectivity index (χ4v) is 3.66. The van der Waals surface area contributed by atoms with E-state index in [1.807, 2.05) is 30.3 Å². The molecule has 2 aromatic rings. The molecule has 0 aromatic heterocycles. The van der Waals surface area contributed by atoms with Gasteiger partial charge in [0.15, 0.2) is 0 Å². The molecule has 3 N–H and O–H groups in total. The number of benzene rings is 2. The van der Waals surface area contributed by atoms with Crippen LogP contribution in [0.5, 0.6) is 5.75 Å². The number of hydrogen-bond donors (Lipinski definition) is 3. The zero-order valence-corrected chi connectivity index (χ0v) is 14.9. The number of nitrogens with zero attached hydrogens (tertiary/aromatic N) is 1. The molecule has 1 aliphatic heterocycles. The number of phenolic OH excluding ortho intramolecular Hbond substituents is 1. The standard InChI is InChI=1S/C21H28N2O2/c1-2-13-23-14-12-21(25,15-17-6-4-3-5-7-17)20(16-23)22-18-8-10-19(24)11-9-18/h3-11,20,22,24-25H,2,12-16H2,1H3. The van der Waals surface area contributed by atoms with E-state index in [1.165, 1.54) is 0 Å². The summed E-state index contributed by atoms with van der Waals surface area (Å²) in [6.07, 6.45) is 2.50. The van der Waals surface area contributed by atoms with Gasteiger partial charge in [-0.05, 0) is 49.2 Å². The van der Waals surface area contributed by atoms with Crippen molar-refractivity contribution in [1.29, 1.82) is 0 Å². The van der Waals surface area contributed by atoms with Gasteiger partial charge in [0.05, 0.1) is 11.6 Å². The maximum absolute atomic E-state index is 11.4. The van der Waals surface area contributed by atoms with Crippen LogP contribution in [0.3, 0.4) is 0 Å². The van der Waals surface area contributed by atoms with Crippen molar-refractivity contribution in [3.63, 3.8) is 0 Å². The second-order valence-electron chi connectivity index (χ2n) is 7.06. The van der Waals surface area contributed by atoms with Crippen LogP contribution < -0.4 is 5.32 Å². The molecule has 2 atom stereocenters. The van der Waals surface area contributed by atoms with Crippen LogP contribution in [0.25, 0.3) is 0 Å². The molecule has 1 heterocycles. The van der Waals surface area contributed by atoms with E-state index in [0.717, 1.165) is 43.7 Å². The van der Waals surface area contributed by atoms with Crippen LogP contribution in [-0.4, -0.2) is 46.4 Å². The summed E-state index contributed by atoms with van der Waals surface area (Å²) in [4.78, 5) is 2.41. The van der Waals surface area contributed by atoms with Crippen molar-refractivity contribution in [2.45, 2.75) is 37.8 Å². The van der Waals surface area contributed by atoms with Crippen LogP contribution in [0.4, 0.5) is 5.69 Å². The Kier molecular flexibility index (Phi) is 5.61. The molecule has 134 valence electrons. The van der Waals surface area contributed by atoms with Crippen molar-refractivity contribution in [3.8, 4) is 5.75 Å². The lowest BCUT2D eigenvalue weighted by Gasteiger charge is -2.45. The molecule has 1 saturated heterocycles. The predicted molar refractivity (Wildman–Crippen MR) is 102 cm³/mol. The van der Waals surface area contributed by atoms with Gasteiger partial charge >= 0.3 is 0 Å². The highest BCUT2D eigenvalue weighted by Gasteiger charge is 2.41. The predicted octanol–water partition coefficient (Wildman–Crippen LogP) is 3.26. The van der Waals surface area contributed by atoms with Gasteiger partial charge in [0.2, 0.25) is 0 Å². The molecule has 1 aliphatic rings. The van der Waals surface area contributed by atoms with Gasteiger partial charge in [-0.2, -0.15) is 0 Å². The number of phenols is 1. The molecule has 2 aromatic carbocycles. The maximum Gasteiger partial charge on any atom is 0.115 e. The lowest BCUT2D eigenvalue weighted by Crippen LogP contribution is -2.59. The zero-order chi connectivity index (χ0) is 17.7. The Morgan fingerprint density at radius 1 is 1.12 bits per heavy atom. The zero-order valence-electron chi connectivity index (χ0n) is 14.9. The van der Waals surface area contributed by atoms with E-state index >= 15 is 0 Å². The number of nitrogens with one attached hydrogen (secondary N) is 1. The van der Waals surface area contributed by atoms with Crippen molar-refractivity contribution >= 4 is 5.69 Å². The largest absolute Gasteiger partial charge is 0.508 e. The minimum atomic E-state index is -0.788. The van der Waals surface area contributed by atoms with E-state index in [4.69, 9.17) is 0 Å². The van der Waals surface area contributed by atoms with Gasteiger partial charge < -0.3 is 20.4 Å². The number of likely N-dealkylation sites (tertiary alicyclic amines) is 1. The summed E-state index contributed by atoms with van der Waals surface area (Å²) < 4.78 is 0. The number of piperidine rings is 1. The Labute approximate surface area is 150 Å². The molecule has 0 spiro atoms. The van der Waals surface area contributed by atoms with Crippen molar-refractivity contribution < 1.29 is 10.2 Å². The van der Waals surface area contributed by atoms with E-state index in [0.29, 0.717) is 6.42 Å². The van der Waals surface area contributed by atoms with E-state index in [-0.39, 0.29) is 11.8 Å². The second kappa shape index (κ2) is 7.89. The Morgan fingerprint density at radius 3 is 2.52 bits per heavy atom. The molecule has 1 fully saturated rings. The van der Waals surface area contributed by atoms with Gasteiger partial charge in [-0.15, -0.1) is 0 Å². The monoisotopic (exact) mass is 340 g/mol. The first-order chi connectivity index (χ1) is 12.1. The molecule has 4 nitrogen and oxygen atoms in total. The van der Waals surface area contributed by atoms with Gasteiger partial charge in [-0.1, -0.05) is 37.3 Å². The summed E-state index contributed by atoms with van der Waals surface area (Å²) >= 11 is 0. The fraction of sp³-hybridized carbons (Fsp3) is 0.429. The van der Waals surface area contributed by atoms with Crippen LogP contribution in [0, 0.1) is 0 Å². The van der Waals surface area contributed by atoms with E-state index in [9.17, 15) is 10.2 Å². The highest BCUT2D eigenvalue weighted by molar-refractivity contribution is 5.47. The van der Waals surface area contributed by atoms with Gasteiger partial charge in [0.1, 0.15) is 5.75 Å². The molecule has 25 heavy (non-hydrogen) atoms. The quantitative estimate of drug-likeness (QED) is 0.707. The highest BCUT2D eigenvalue weighted by Crippen LogP contribution is 2.30. The van der Waals surface area contributed by atoms with Gasteiger partial charge in [0.25, 0.3) is 0 Å². The lowest BCUT2D eigenvalue weighted by atomic mass is 9.81. The van der Waals surface area contributed by atoms with Crippen LogP contribution >= 0.6 is 0 Å². The number of aromatic hydroxyl groups is 1. The van der Waals surface area contributed by atoms with E-state index in [2.05, 4.69) is 29.3 Å².